The van der Waals surface area contributed by atoms with Crippen LogP contribution in [0, 0.1) is 11.3 Å². The molecule has 1 aromatic rings. The van der Waals surface area contributed by atoms with Gasteiger partial charge in [-0.3, -0.25) is 15.0 Å². The molecule has 0 saturated heterocycles. The van der Waals surface area contributed by atoms with Gasteiger partial charge in [0.25, 0.3) is 5.91 Å². The molecule has 0 spiro atoms. The normalized spacial score (nSPS) is 26.0. The molecule has 2 aliphatic rings. The maximum Gasteiger partial charge on any atom is 0.265 e. The number of benzene rings is 1. The number of amides is 2. The van der Waals surface area contributed by atoms with E-state index in [0.29, 0.717) is 11.5 Å². The SMILES string of the molecule is CC(C)(C)C1CCC(NNC(=O)c2ccccc2)(C(=O)NC2CCCCC2)CC1. The number of carbonyl (C=O) groups is 2. The van der Waals surface area contributed by atoms with E-state index >= 15 is 0 Å². The third-order valence-electron chi connectivity index (χ3n) is 6.89. The molecule has 0 unspecified atom stereocenters. The Bertz CT molecular complexity index is 682. The van der Waals surface area contributed by atoms with Gasteiger partial charge in [0.15, 0.2) is 0 Å². The largest absolute Gasteiger partial charge is 0.352 e. The summed E-state index contributed by atoms with van der Waals surface area (Å²) >= 11 is 0. The second-order valence-electron chi connectivity index (χ2n) is 9.98. The Morgan fingerprint density at radius 3 is 2.14 bits per heavy atom. The van der Waals surface area contributed by atoms with E-state index in [0.717, 1.165) is 38.5 Å². The average molecular weight is 400 g/mol. The van der Waals surface area contributed by atoms with Crippen LogP contribution in [0.1, 0.15) is 88.9 Å². The molecule has 5 nitrogen and oxygen atoms in total. The van der Waals surface area contributed by atoms with Crippen LogP contribution in [0.25, 0.3) is 0 Å². The molecule has 0 atom stereocenters. The van der Waals surface area contributed by atoms with Crippen molar-refractivity contribution in [1.29, 1.82) is 0 Å². The van der Waals surface area contributed by atoms with Crippen LogP contribution < -0.4 is 16.2 Å². The predicted molar refractivity (Wildman–Crippen MR) is 116 cm³/mol. The third kappa shape index (κ3) is 5.59. The van der Waals surface area contributed by atoms with Crippen LogP contribution in [0.3, 0.4) is 0 Å². The lowest BCUT2D eigenvalue weighted by Crippen LogP contribution is -2.65. The van der Waals surface area contributed by atoms with Crippen molar-refractivity contribution in [1.82, 2.24) is 16.2 Å². The maximum atomic E-state index is 13.4. The molecule has 0 aliphatic heterocycles. The van der Waals surface area contributed by atoms with Crippen LogP contribution >= 0.6 is 0 Å². The van der Waals surface area contributed by atoms with Gasteiger partial charge in [0.05, 0.1) is 0 Å². The van der Waals surface area contributed by atoms with Gasteiger partial charge in [0.1, 0.15) is 5.54 Å². The van der Waals surface area contributed by atoms with Crippen molar-refractivity contribution in [2.45, 2.75) is 90.1 Å². The lowest BCUT2D eigenvalue weighted by molar-refractivity contribution is -0.131. The van der Waals surface area contributed by atoms with E-state index in [4.69, 9.17) is 0 Å². The van der Waals surface area contributed by atoms with Crippen LogP contribution in [0.5, 0.6) is 0 Å². The summed E-state index contributed by atoms with van der Waals surface area (Å²) in [5.41, 5.74) is 6.11. The van der Waals surface area contributed by atoms with Crippen molar-refractivity contribution >= 4 is 11.8 Å². The Morgan fingerprint density at radius 1 is 0.931 bits per heavy atom. The highest BCUT2D eigenvalue weighted by molar-refractivity contribution is 5.94. The molecule has 0 bridgehead atoms. The molecular weight excluding hydrogens is 362 g/mol. The first-order valence-corrected chi connectivity index (χ1v) is 11.2. The third-order valence-corrected chi connectivity index (χ3v) is 6.89. The minimum Gasteiger partial charge on any atom is -0.352 e. The molecule has 0 radical (unpaired) electrons. The summed E-state index contributed by atoms with van der Waals surface area (Å²) in [4.78, 5) is 25.9. The molecule has 2 fully saturated rings. The molecular formula is C24H37N3O2. The Morgan fingerprint density at radius 2 is 1.55 bits per heavy atom. The zero-order chi connectivity index (χ0) is 20.9. The first-order chi connectivity index (χ1) is 13.8. The molecule has 2 saturated carbocycles. The minimum atomic E-state index is -0.733. The number of hydrogen-bond acceptors (Lipinski definition) is 3. The zero-order valence-corrected chi connectivity index (χ0v) is 18.2. The fourth-order valence-corrected chi connectivity index (χ4v) is 4.79. The number of hydrazine groups is 1. The van der Waals surface area contributed by atoms with Gasteiger partial charge in [-0.1, -0.05) is 58.2 Å². The fraction of sp³-hybridized carbons (Fsp3) is 0.667. The molecule has 2 amide bonds. The van der Waals surface area contributed by atoms with E-state index in [1.165, 1.54) is 19.3 Å². The number of nitrogens with one attached hydrogen (secondary N) is 3. The summed E-state index contributed by atoms with van der Waals surface area (Å²) in [5.74, 6) is 0.434. The summed E-state index contributed by atoms with van der Waals surface area (Å²) in [6.45, 7) is 6.83. The molecule has 0 heterocycles. The highest BCUT2D eigenvalue weighted by Crippen LogP contribution is 2.41. The fourth-order valence-electron chi connectivity index (χ4n) is 4.79. The van der Waals surface area contributed by atoms with Crippen molar-refractivity contribution in [3.63, 3.8) is 0 Å². The second-order valence-corrected chi connectivity index (χ2v) is 9.98. The minimum absolute atomic E-state index is 0.0464. The lowest BCUT2D eigenvalue weighted by Gasteiger charge is -2.44. The summed E-state index contributed by atoms with van der Waals surface area (Å²) in [5, 5.41) is 3.29. The van der Waals surface area contributed by atoms with Gasteiger partial charge in [0, 0.05) is 11.6 Å². The van der Waals surface area contributed by atoms with Gasteiger partial charge in [-0.25, -0.2) is 5.43 Å². The van der Waals surface area contributed by atoms with Gasteiger partial charge < -0.3 is 5.32 Å². The van der Waals surface area contributed by atoms with Crippen LogP contribution in [0.4, 0.5) is 0 Å². The first-order valence-electron chi connectivity index (χ1n) is 11.2. The van der Waals surface area contributed by atoms with Crippen LogP contribution in [0.2, 0.25) is 0 Å². The highest BCUT2D eigenvalue weighted by Gasteiger charge is 2.44. The van der Waals surface area contributed by atoms with Gasteiger partial charge >= 0.3 is 0 Å². The Hall–Kier alpha value is -1.88. The van der Waals surface area contributed by atoms with E-state index in [1.54, 1.807) is 12.1 Å². The summed E-state index contributed by atoms with van der Waals surface area (Å²) in [6, 6.07) is 9.39. The van der Waals surface area contributed by atoms with Crippen molar-refractivity contribution in [2.75, 3.05) is 0 Å². The molecule has 3 rings (SSSR count). The smallest absolute Gasteiger partial charge is 0.265 e. The topological polar surface area (TPSA) is 70.2 Å². The first kappa shape index (κ1) is 21.8. The Labute approximate surface area is 175 Å². The van der Waals surface area contributed by atoms with E-state index in [-0.39, 0.29) is 23.3 Å². The Kier molecular flexibility index (Phi) is 6.99. The van der Waals surface area contributed by atoms with Crippen LogP contribution in [-0.4, -0.2) is 23.4 Å². The summed E-state index contributed by atoms with van der Waals surface area (Å²) < 4.78 is 0. The highest BCUT2D eigenvalue weighted by atomic mass is 16.2. The van der Waals surface area contributed by atoms with E-state index in [1.807, 2.05) is 18.2 Å². The van der Waals surface area contributed by atoms with Gasteiger partial charge in [0.2, 0.25) is 5.91 Å². The van der Waals surface area contributed by atoms with Crippen molar-refractivity contribution in [3.05, 3.63) is 35.9 Å². The van der Waals surface area contributed by atoms with E-state index in [9.17, 15) is 9.59 Å². The monoisotopic (exact) mass is 399 g/mol. The molecule has 5 heteroatoms. The molecule has 0 aromatic heterocycles. The molecule has 29 heavy (non-hydrogen) atoms. The zero-order valence-electron chi connectivity index (χ0n) is 18.2. The second kappa shape index (κ2) is 9.29. The predicted octanol–water partition coefficient (Wildman–Crippen LogP) is 4.35. The van der Waals surface area contributed by atoms with Crippen LogP contribution in [-0.2, 0) is 4.79 Å². The van der Waals surface area contributed by atoms with Crippen molar-refractivity contribution < 1.29 is 9.59 Å². The standard InChI is InChI=1S/C24H37N3O2/c1-23(2,3)19-14-16-24(17-15-19,22(29)25-20-12-8-5-9-13-20)27-26-21(28)18-10-6-4-7-11-18/h4,6-7,10-11,19-20,27H,5,8-9,12-17H2,1-3H3,(H,25,29)(H,26,28). The molecule has 160 valence electrons. The molecule has 1 aromatic carbocycles. The van der Waals surface area contributed by atoms with Crippen molar-refractivity contribution in [2.24, 2.45) is 11.3 Å². The number of rotatable bonds is 5. The summed E-state index contributed by atoms with van der Waals surface area (Å²) in [6.07, 6.45) is 9.18. The molecule has 3 N–H and O–H groups in total. The quantitative estimate of drug-likeness (QED) is 0.645. The van der Waals surface area contributed by atoms with E-state index in [2.05, 4.69) is 36.9 Å². The lowest BCUT2D eigenvalue weighted by atomic mass is 9.67. The Balaban J connectivity index is 1.69. The number of hydrogen-bond donors (Lipinski definition) is 3. The summed E-state index contributed by atoms with van der Waals surface area (Å²) in [7, 11) is 0. The molecule has 2 aliphatic carbocycles. The maximum absolute atomic E-state index is 13.4. The average Bonchev–Trinajstić information content (AvgIpc) is 2.73. The van der Waals surface area contributed by atoms with E-state index < -0.39 is 5.54 Å². The van der Waals surface area contributed by atoms with Gasteiger partial charge in [-0.05, 0) is 62.0 Å². The van der Waals surface area contributed by atoms with Crippen LogP contribution in [0.15, 0.2) is 30.3 Å². The van der Waals surface area contributed by atoms with Crippen molar-refractivity contribution in [3.8, 4) is 0 Å². The van der Waals surface area contributed by atoms with Gasteiger partial charge in [-0.15, -0.1) is 0 Å². The van der Waals surface area contributed by atoms with Gasteiger partial charge in [-0.2, -0.15) is 0 Å². The number of carbonyl (C=O) groups excluding carboxylic acids is 2.